The van der Waals surface area contributed by atoms with Crippen molar-refractivity contribution in [2.45, 2.75) is 44.9 Å². The van der Waals surface area contributed by atoms with Crippen LogP contribution in [0.25, 0.3) is 11.0 Å². The van der Waals surface area contributed by atoms with E-state index in [2.05, 4.69) is 5.32 Å². The number of nitrogens with one attached hydrogen (secondary N) is 1. The van der Waals surface area contributed by atoms with Gasteiger partial charge in [0.1, 0.15) is 16.9 Å². The van der Waals surface area contributed by atoms with Gasteiger partial charge in [0.15, 0.2) is 6.04 Å². The van der Waals surface area contributed by atoms with Crippen LogP contribution in [0.1, 0.15) is 39.0 Å². The van der Waals surface area contributed by atoms with Gasteiger partial charge in [0.2, 0.25) is 0 Å². The number of aliphatic carboxylic acids is 1. The van der Waals surface area contributed by atoms with Crippen molar-refractivity contribution in [2.24, 2.45) is 0 Å². The molecule has 140 valence electrons. The lowest BCUT2D eigenvalue weighted by Gasteiger charge is -2.24. The molecule has 1 aliphatic heterocycles. The lowest BCUT2D eigenvalue weighted by Crippen LogP contribution is -2.41. The van der Waals surface area contributed by atoms with Crippen molar-refractivity contribution in [3.63, 3.8) is 0 Å². The highest BCUT2D eigenvalue weighted by atomic mass is 16.6. The zero-order chi connectivity index (χ0) is 18.9. The van der Waals surface area contributed by atoms with E-state index in [0.29, 0.717) is 30.9 Å². The molecule has 1 aromatic heterocycles. The second-order valence-corrected chi connectivity index (χ2v) is 7.55. The minimum Gasteiger partial charge on any atom is -0.480 e. The third-order valence-electron chi connectivity index (χ3n) is 4.25. The summed E-state index contributed by atoms with van der Waals surface area (Å²) in [5, 5.41) is 13.4. The number of benzene rings is 1. The number of furan rings is 1. The number of ether oxygens (including phenoxy) is 1. The van der Waals surface area contributed by atoms with Gasteiger partial charge in [0, 0.05) is 24.5 Å². The van der Waals surface area contributed by atoms with Gasteiger partial charge in [0.05, 0.1) is 0 Å². The fourth-order valence-electron chi connectivity index (χ4n) is 3.21. The first kappa shape index (κ1) is 18.3. The SMILES string of the molecule is CC(C)(C)OC(=O)NC1CCN(C(C(=O)O)c2cc3ccccc3o2)C1. The number of hydrogen-bond donors (Lipinski definition) is 2. The minimum absolute atomic E-state index is 0.156. The van der Waals surface area contributed by atoms with E-state index in [1.165, 1.54) is 0 Å². The highest BCUT2D eigenvalue weighted by molar-refractivity contribution is 5.81. The average Bonchev–Trinajstić information content (AvgIpc) is 3.12. The molecule has 1 fully saturated rings. The van der Waals surface area contributed by atoms with Crippen LogP contribution in [0.2, 0.25) is 0 Å². The fourth-order valence-corrected chi connectivity index (χ4v) is 3.21. The van der Waals surface area contributed by atoms with Gasteiger partial charge < -0.3 is 19.6 Å². The molecule has 1 aliphatic rings. The van der Waals surface area contributed by atoms with E-state index >= 15 is 0 Å². The molecule has 2 atom stereocenters. The fraction of sp³-hybridized carbons (Fsp3) is 0.474. The van der Waals surface area contributed by atoms with Gasteiger partial charge in [0.25, 0.3) is 0 Å². The first-order valence-electron chi connectivity index (χ1n) is 8.68. The van der Waals surface area contributed by atoms with Crippen LogP contribution in [-0.4, -0.2) is 46.8 Å². The molecule has 7 nitrogen and oxygen atoms in total. The number of carboxylic acid groups (broad SMARTS) is 1. The van der Waals surface area contributed by atoms with E-state index in [-0.39, 0.29) is 6.04 Å². The van der Waals surface area contributed by atoms with Crippen molar-refractivity contribution in [3.8, 4) is 0 Å². The molecule has 26 heavy (non-hydrogen) atoms. The van der Waals surface area contributed by atoms with Crippen LogP contribution in [0.3, 0.4) is 0 Å². The van der Waals surface area contributed by atoms with Crippen LogP contribution >= 0.6 is 0 Å². The van der Waals surface area contributed by atoms with Crippen molar-refractivity contribution in [1.29, 1.82) is 0 Å². The van der Waals surface area contributed by atoms with Crippen LogP contribution in [0.5, 0.6) is 0 Å². The Labute approximate surface area is 151 Å². The van der Waals surface area contributed by atoms with Gasteiger partial charge in [-0.05, 0) is 39.3 Å². The van der Waals surface area contributed by atoms with E-state index in [0.717, 1.165) is 5.39 Å². The number of fused-ring (bicyclic) bond motifs is 1. The predicted octanol–water partition coefficient (Wildman–Crippen LogP) is 3.16. The maximum Gasteiger partial charge on any atom is 0.407 e. The number of carboxylic acids is 1. The Bertz CT molecular complexity index is 775. The van der Waals surface area contributed by atoms with E-state index in [9.17, 15) is 14.7 Å². The second kappa shape index (κ2) is 6.99. The summed E-state index contributed by atoms with van der Waals surface area (Å²) in [6, 6.07) is 8.16. The van der Waals surface area contributed by atoms with Crippen molar-refractivity contribution in [1.82, 2.24) is 10.2 Å². The molecule has 0 radical (unpaired) electrons. The quantitative estimate of drug-likeness (QED) is 0.870. The standard InChI is InChI=1S/C19H24N2O5/c1-19(2,3)26-18(24)20-13-8-9-21(11-13)16(17(22)23)15-10-12-6-4-5-7-14(12)25-15/h4-7,10,13,16H,8-9,11H2,1-3H3,(H,20,24)(H,22,23). The Balaban J connectivity index is 1.70. The molecule has 2 unspecified atom stereocenters. The molecule has 0 aliphatic carbocycles. The van der Waals surface area contributed by atoms with Crippen molar-refractivity contribution in [2.75, 3.05) is 13.1 Å². The molecule has 2 aromatic rings. The Hall–Kier alpha value is -2.54. The van der Waals surface area contributed by atoms with Gasteiger partial charge in [-0.25, -0.2) is 4.79 Å². The maximum absolute atomic E-state index is 11.9. The van der Waals surface area contributed by atoms with E-state index in [1.807, 2.05) is 29.2 Å². The first-order valence-corrected chi connectivity index (χ1v) is 8.68. The number of carbonyl (C=O) groups excluding carboxylic acids is 1. The van der Waals surface area contributed by atoms with E-state index < -0.39 is 23.7 Å². The number of carbonyl (C=O) groups is 2. The Morgan fingerprint density at radius 2 is 2.08 bits per heavy atom. The zero-order valence-corrected chi connectivity index (χ0v) is 15.2. The van der Waals surface area contributed by atoms with Gasteiger partial charge in [-0.3, -0.25) is 9.69 Å². The number of alkyl carbamates (subject to hydrolysis) is 1. The van der Waals surface area contributed by atoms with Crippen molar-refractivity contribution in [3.05, 3.63) is 36.1 Å². The number of nitrogens with zero attached hydrogens (tertiary/aromatic N) is 1. The Morgan fingerprint density at radius 1 is 1.35 bits per heavy atom. The molecule has 2 N–H and O–H groups in total. The summed E-state index contributed by atoms with van der Waals surface area (Å²) in [6.07, 6.45) is 0.170. The summed E-state index contributed by atoms with van der Waals surface area (Å²) in [5.41, 5.74) is 0.0941. The molecule has 7 heteroatoms. The molecule has 2 heterocycles. The third kappa shape index (κ3) is 4.16. The summed E-state index contributed by atoms with van der Waals surface area (Å²) >= 11 is 0. The summed E-state index contributed by atoms with van der Waals surface area (Å²) in [7, 11) is 0. The molecule has 1 amide bonds. The highest BCUT2D eigenvalue weighted by Crippen LogP contribution is 2.30. The molecular formula is C19H24N2O5. The third-order valence-corrected chi connectivity index (χ3v) is 4.25. The summed E-state index contributed by atoms with van der Waals surface area (Å²) < 4.78 is 11.0. The van der Waals surface area contributed by atoms with Crippen LogP contribution in [0.15, 0.2) is 34.7 Å². The summed E-state index contributed by atoms with van der Waals surface area (Å²) in [4.78, 5) is 25.6. The first-order chi connectivity index (χ1) is 12.2. The smallest absolute Gasteiger partial charge is 0.407 e. The van der Waals surface area contributed by atoms with Gasteiger partial charge in [-0.2, -0.15) is 0 Å². The van der Waals surface area contributed by atoms with Crippen LogP contribution in [0, 0.1) is 0 Å². The van der Waals surface area contributed by atoms with Crippen LogP contribution in [0.4, 0.5) is 4.79 Å². The van der Waals surface area contributed by atoms with Crippen molar-refractivity contribution >= 4 is 23.0 Å². The monoisotopic (exact) mass is 360 g/mol. The lowest BCUT2D eigenvalue weighted by molar-refractivity contribution is -0.143. The molecule has 1 aromatic carbocycles. The topological polar surface area (TPSA) is 92.0 Å². The second-order valence-electron chi connectivity index (χ2n) is 7.55. The molecule has 3 rings (SSSR count). The van der Waals surface area contributed by atoms with E-state index in [4.69, 9.17) is 9.15 Å². The molecular weight excluding hydrogens is 336 g/mol. The van der Waals surface area contributed by atoms with Crippen LogP contribution < -0.4 is 5.32 Å². The molecule has 0 spiro atoms. The van der Waals surface area contributed by atoms with Gasteiger partial charge in [-0.15, -0.1) is 0 Å². The normalized spacial score (nSPS) is 19.4. The van der Waals surface area contributed by atoms with Crippen LogP contribution in [-0.2, 0) is 9.53 Å². The number of rotatable bonds is 4. The molecule has 0 saturated carbocycles. The number of para-hydroxylation sites is 1. The zero-order valence-electron chi connectivity index (χ0n) is 15.2. The lowest BCUT2D eigenvalue weighted by atomic mass is 10.1. The van der Waals surface area contributed by atoms with Crippen molar-refractivity contribution < 1.29 is 23.8 Å². The summed E-state index contributed by atoms with van der Waals surface area (Å²) in [5.74, 6) is -0.571. The minimum atomic E-state index is -0.970. The predicted molar refractivity (Wildman–Crippen MR) is 95.9 cm³/mol. The Morgan fingerprint density at radius 3 is 2.73 bits per heavy atom. The Kier molecular flexibility index (Phi) is 4.91. The van der Waals surface area contributed by atoms with Gasteiger partial charge >= 0.3 is 12.1 Å². The number of hydrogen-bond acceptors (Lipinski definition) is 5. The van der Waals surface area contributed by atoms with E-state index in [1.54, 1.807) is 26.8 Å². The average molecular weight is 360 g/mol. The highest BCUT2D eigenvalue weighted by Gasteiger charge is 2.36. The molecule has 0 bridgehead atoms. The largest absolute Gasteiger partial charge is 0.480 e. The molecule has 1 saturated heterocycles. The maximum atomic E-state index is 11.9. The number of amides is 1. The van der Waals surface area contributed by atoms with Gasteiger partial charge in [-0.1, -0.05) is 18.2 Å². The summed E-state index contributed by atoms with van der Waals surface area (Å²) in [6.45, 7) is 6.38. The number of likely N-dealkylation sites (tertiary alicyclic amines) is 1.